The van der Waals surface area contributed by atoms with Gasteiger partial charge in [-0.25, -0.2) is 0 Å². The molecule has 0 aliphatic carbocycles. The number of alkyl halides is 3. The summed E-state index contributed by atoms with van der Waals surface area (Å²) in [5.41, 5.74) is 5.89. The van der Waals surface area contributed by atoms with Gasteiger partial charge in [-0.3, -0.25) is 0 Å². The Hall–Kier alpha value is -1.75. The van der Waals surface area contributed by atoms with Gasteiger partial charge < -0.3 is 10.2 Å². The predicted octanol–water partition coefficient (Wildman–Crippen LogP) is 3.54. The summed E-state index contributed by atoms with van der Waals surface area (Å²) in [7, 11) is 0. The molecule has 5 heteroatoms. The Labute approximate surface area is 102 Å². The summed E-state index contributed by atoms with van der Waals surface area (Å²) in [4.78, 5) is 0. The molecule has 2 aromatic rings. The van der Waals surface area contributed by atoms with E-state index in [0.29, 0.717) is 17.7 Å². The van der Waals surface area contributed by atoms with Crippen LogP contribution in [0.4, 0.5) is 13.2 Å². The minimum atomic E-state index is -4.32. The molecule has 1 aromatic carbocycles. The molecule has 18 heavy (non-hydrogen) atoms. The van der Waals surface area contributed by atoms with Gasteiger partial charge >= 0.3 is 6.18 Å². The van der Waals surface area contributed by atoms with Crippen molar-refractivity contribution in [1.82, 2.24) is 0 Å². The molecule has 96 valence electrons. The summed E-state index contributed by atoms with van der Waals surface area (Å²) in [5, 5.41) is 0. The predicted molar refractivity (Wildman–Crippen MR) is 60.8 cm³/mol. The van der Waals surface area contributed by atoms with E-state index in [-0.39, 0.29) is 6.04 Å². The van der Waals surface area contributed by atoms with Crippen LogP contribution in [0.3, 0.4) is 0 Å². The minimum Gasteiger partial charge on any atom is -0.469 e. The van der Waals surface area contributed by atoms with Gasteiger partial charge in [0.25, 0.3) is 0 Å². The van der Waals surface area contributed by atoms with E-state index in [1.54, 1.807) is 12.1 Å². The average molecular weight is 255 g/mol. The molecule has 0 spiro atoms. The molecule has 1 aromatic heterocycles. The zero-order chi connectivity index (χ0) is 13.2. The minimum absolute atomic E-state index is 0.376. The molecule has 0 bridgehead atoms. The van der Waals surface area contributed by atoms with Crippen LogP contribution in [0.25, 0.3) is 0 Å². The maximum Gasteiger partial charge on any atom is 0.416 e. The summed E-state index contributed by atoms with van der Waals surface area (Å²) >= 11 is 0. The molecule has 0 aliphatic rings. The molecule has 2 N–H and O–H groups in total. The first-order valence-corrected chi connectivity index (χ1v) is 5.42. The van der Waals surface area contributed by atoms with Crippen molar-refractivity contribution in [1.29, 1.82) is 0 Å². The average Bonchev–Trinajstić information content (AvgIpc) is 2.81. The summed E-state index contributed by atoms with van der Waals surface area (Å²) in [6.07, 6.45) is -2.32. The fourth-order valence-electron chi connectivity index (χ4n) is 1.68. The first-order chi connectivity index (χ1) is 8.47. The molecule has 0 amide bonds. The summed E-state index contributed by atoms with van der Waals surface area (Å²) in [6, 6.07) is 8.03. The Bertz CT molecular complexity index is 488. The van der Waals surface area contributed by atoms with Crippen LogP contribution in [0.5, 0.6) is 0 Å². The summed E-state index contributed by atoms with van der Waals surface area (Å²) < 4.78 is 42.3. The van der Waals surface area contributed by atoms with Gasteiger partial charge in [-0.15, -0.1) is 0 Å². The topological polar surface area (TPSA) is 39.2 Å². The molecule has 0 fully saturated rings. The van der Waals surface area contributed by atoms with Gasteiger partial charge in [-0.1, -0.05) is 12.1 Å². The van der Waals surface area contributed by atoms with Crippen LogP contribution < -0.4 is 5.73 Å². The molecule has 1 heterocycles. The Morgan fingerprint density at radius 3 is 2.28 bits per heavy atom. The van der Waals surface area contributed by atoms with Crippen LogP contribution in [-0.4, -0.2) is 0 Å². The van der Waals surface area contributed by atoms with Crippen molar-refractivity contribution >= 4 is 0 Å². The normalized spacial score (nSPS) is 13.6. The van der Waals surface area contributed by atoms with Crippen molar-refractivity contribution in [2.75, 3.05) is 0 Å². The zero-order valence-electron chi connectivity index (χ0n) is 9.45. The van der Waals surface area contributed by atoms with Gasteiger partial charge in [0, 0.05) is 12.5 Å². The van der Waals surface area contributed by atoms with Gasteiger partial charge in [0.15, 0.2) is 0 Å². The first-order valence-electron chi connectivity index (χ1n) is 5.42. The highest BCUT2D eigenvalue weighted by Crippen LogP contribution is 2.30. The van der Waals surface area contributed by atoms with E-state index in [1.165, 1.54) is 18.4 Å². The molecule has 0 saturated heterocycles. The quantitative estimate of drug-likeness (QED) is 0.911. The van der Waals surface area contributed by atoms with Gasteiger partial charge in [0.05, 0.1) is 11.8 Å². The monoisotopic (exact) mass is 255 g/mol. The van der Waals surface area contributed by atoms with E-state index < -0.39 is 11.7 Å². The highest BCUT2D eigenvalue weighted by atomic mass is 19.4. The van der Waals surface area contributed by atoms with Crippen LogP contribution in [0.2, 0.25) is 0 Å². The maximum absolute atomic E-state index is 12.4. The molecule has 2 rings (SSSR count). The lowest BCUT2D eigenvalue weighted by Crippen LogP contribution is -2.13. The van der Waals surface area contributed by atoms with E-state index in [1.807, 2.05) is 0 Å². The lowest BCUT2D eigenvalue weighted by Gasteiger charge is -2.12. The number of nitrogens with two attached hydrogens (primary N) is 1. The highest BCUT2D eigenvalue weighted by Gasteiger charge is 2.30. The van der Waals surface area contributed by atoms with Crippen LogP contribution >= 0.6 is 0 Å². The largest absolute Gasteiger partial charge is 0.469 e. The Morgan fingerprint density at radius 1 is 1.11 bits per heavy atom. The summed E-state index contributed by atoms with van der Waals surface area (Å²) in [5.74, 6) is 0.711. The number of furan rings is 1. The van der Waals surface area contributed by atoms with Crippen molar-refractivity contribution in [3.63, 3.8) is 0 Å². The van der Waals surface area contributed by atoms with E-state index in [0.717, 1.165) is 12.1 Å². The Balaban J connectivity index is 2.10. The number of rotatable bonds is 3. The molecule has 0 radical (unpaired) electrons. The van der Waals surface area contributed by atoms with Crippen molar-refractivity contribution < 1.29 is 17.6 Å². The Morgan fingerprint density at radius 2 is 1.78 bits per heavy atom. The van der Waals surface area contributed by atoms with Crippen LogP contribution in [0, 0.1) is 0 Å². The second-order valence-electron chi connectivity index (χ2n) is 4.01. The van der Waals surface area contributed by atoms with Gasteiger partial charge in [-0.2, -0.15) is 13.2 Å². The van der Waals surface area contributed by atoms with Gasteiger partial charge in [-0.05, 0) is 29.8 Å². The highest BCUT2D eigenvalue weighted by molar-refractivity contribution is 5.27. The molecule has 1 unspecified atom stereocenters. The molecule has 0 saturated carbocycles. The second-order valence-corrected chi connectivity index (χ2v) is 4.01. The SMILES string of the molecule is NC(Cc1ccco1)c1ccc(C(F)(F)F)cc1. The van der Waals surface area contributed by atoms with Crippen LogP contribution in [0.15, 0.2) is 47.1 Å². The first kappa shape index (κ1) is 12.7. The molecule has 1 atom stereocenters. The molecule has 0 aliphatic heterocycles. The summed E-state index contributed by atoms with van der Waals surface area (Å²) in [6.45, 7) is 0. The van der Waals surface area contributed by atoms with E-state index in [2.05, 4.69) is 0 Å². The van der Waals surface area contributed by atoms with Crippen molar-refractivity contribution in [3.05, 3.63) is 59.5 Å². The third-order valence-electron chi connectivity index (χ3n) is 2.67. The number of hydrogen-bond acceptors (Lipinski definition) is 2. The Kier molecular flexibility index (Phi) is 3.43. The third kappa shape index (κ3) is 2.92. The fourth-order valence-corrected chi connectivity index (χ4v) is 1.68. The van der Waals surface area contributed by atoms with E-state index >= 15 is 0 Å². The van der Waals surface area contributed by atoms with Crippen LogP contribution in [-0.2, 0) is 12.6 Å². The molecular formula is C13H12F3NO. The zero-order valence-corrected chi connectivity index (χ0v) is 9.45. The molecule has 2 nitrogen and oxygen atoms in total. The fraction of sp³-hybridized carbons (Fsp3) is 0.231. The lowest BCUT2D eigenvalue weighted by atomic mass is 10.0. The van der Waals surface area contributed by atoms with Crippen molar-refractivity contribution in [2.45, 2.75) is 18.6 Å². The molecular weight excluding hydrogens is 243 g/mol. The van der Waals surface area contributed by atoms with Crippen molar-refractivity contribution in [3.8, 4) is 0 Å². The number of hydrogen-bond donors (Lipinski definition) is 1. The number of halogens is 3. The maximum atomic E-state index is 12.4. The third-order valence-corrected chi connectivity index (χ3v) is 2.67. The smallest absolute Gasteiger partial charge is 0.416 e. The second kappa shape index (κ2) is 4.86. The standard InChI is InChI=1S/C13H12F3NO/c14-13(15,16)10-5-3-9(4-6-10)12(17)8-11-2-1-7-18-11/h1-7,12H,8,17H2. The van der Waals surface area contributed by atoms with Crippen molar-refractivity contribution in [2.24, 2.45) is 5.73 Å². The van der Waals surface area contributed by atoms with Crippen LogP contribution in [0.1, 0.15) is 22.9 Å². The van der Waals surface area contributed by atoms with E-state index in [4.69, 9.17) is 10.2 Å². The lowest BCUT2D eigenvalue weighted by molar-refractivity contribution is -0.137. The van der Waals surface area contributed by atoms with Gasteiger partial charge in [0.2, 0.25) is 0 Å². The van der Waals surface area contributed by atoms with Gasteiger partial charge in [0.1, 0.15) is 5.76 Å². The van der Waals surface area contributed by atoms with E-state index in [9.17, 15) is 13.2 Å². The number of benzene rings is 1.